The third-order valence-electron chi connectivity index (χ3n) is 0.452. The van der Waals surface area contributed by atoms with Gasteiger partial charge in [0.1, 0.15) is 0 Å². The third kappa shape index (κ3) is 5.37. The molecule has 0 aromatic rings. The van der Waals surface area contributed by atoms with Crippen molar-refractivity contribution < 1.29 is 4.79 Å². The number of rotatable bonds is 2. The average molecular weight is 132 g/mol. The summed E-state index contributed by atoms with van der Waals surface area (Å²) in [4.78, 5) is 13.6. The molecule has 0 saturated carbocycles. The van der Waals surface area contributed by atoms with Gasteiger partial charge in [-0.2, -0.15) is 0 Å². The molecule has 0 radical (unpaired) electrons. The lowest BCUT2D eigenvalue weighted by Crippen LogP contribution is -1.77. The summed E-state index contributed by atoms with van der Waals surface area (Å²) in [5, 5.41) is 0. The summed E-state index contributed by atoms with van der Waals surface area (Å²) in [5.41, 5.74) is 1.10. The van der Waals surface area contributed by atoms with Crippen molar-refractivity contribution >= 4 is 23.1 Å². The summed E-state index contributed by atoms with van der Waals surface area (Å²) in [6.45, 7) is 1.44. The first-order chi connectivity index (χ1) is 3.77. The molecule has 0 spiro atoms. The first-order valence-corrected chi connectivity index (χ1v) is 2.50. The van der Waals surface area contributed by atoms with E-state index in [0.29, 0.717) is 0 Å². The molecule has 0 aromatic heterocycles. The van der Waals surface area contributed by atoms with E-state index in [-0.39, 0.29) is 5.78 Å². The number of allylic oxidation sites excluding steroid dienone is 1. The van der Waals surface area contributed by atoms with Crippen LogP contribution in [0.4, 0.5) is 0 Å². The van der Waals surface area contributed by atoms with Gasteiger partial charge in [0.15, 0.2) is 5.78 Å². The Bertz CT molecular complexity index is 128. The predicted octanol–water partition coefficient (Wildman–Crippen LogP) is 1.36. The Balaban J connectivity index is 3.50. The molecule has 0 bridgehead atoms. The first-order valence-electron chi connectivity index (χ1n) is 2.06. The van der Waals surface area contributed by atoms with Crippen LogP contribution in [-0.4, -0.2) is 11.5 Å². The highest BCUT2D eigenvalue weighted by atomic mass is 35.5. The van der Waals surface area contributed by atoms with E-state index in [4.69, 9.17) is 11.6 Å². The molecule has 44 valence electrons. The van der Waals surface area contributed by atoms with Gasteiger partial charge in [-0.25, -0.2) is 0 Å². The maximum Gasteiger partial charge on any atom is 0.154 e. The number of aliphatic imine (C=N–C) groups is 1. The highest BCUT2D eigenvalue weighted by Crippen LogP contribution is 1.76. The number of carbonyl (C=O) groups excluding carboxylic acids is 1. The third-order valence-corrected chi connectivity index (χ3v) is 0.564. The van der Waals surface area contributed by atoms with Crippen LogP contribution in [0, 0.1) is 0 Å². The van der Waals surface area contributed by atoms with Crippen molar-refractivity contribution in [2.24, 2.45) is 4.99 Å². The second-order valence-electron chi connectivity index (χ2n) is 1.17. The summed E-state index contributed by atoms with van der Waals surface area (Å²) < 4.78 is 0. The minimum atomic E-state index is -0.0349. The van der Waals surface area contributed by atoms with Crippen LogP contribution in [0.25, 0.3) is 0 Å². The molecule has 0 N–H and O–H groups in total. The van der Waals surface area contributed by atoms with Crippen LogP contribution in [0.3, 0.4) is 0 Å². The number of halogens is 1. The van der Waals surface area contributed by atoms with Gasteiger partial charge in [-0.1, -0.05) is 11.6 Å². The minimum absolute atomic E-state index is 0.0349. The number of carbonyl (C=O) groups is 1. The van der Waals surface area contributed by atoms with Gasteiger partial charge in [0, 0.05) is 6.20 Å². The van der Waals surface area contributed by atoms with Crippen molar-refractivity contribution in [3.63, 3.8) is 0 Å². The maximum atomic E-state index is 10.1. The lowest BCUT2D eigenvalue weighted by Gasteiger charge is -1.71. The van der Waals surface area contributed by atoms with Crippen molar-refractivity contribution in [3.05, 3.63) is 12.3 Å². The molecule has 0 aromatic carbocycles. The van der Waals surface area contributed by atoms with E-state index >= 15 is 0 Å². The summed E-state index contributed by atoms with van der Waals surface area (Å²) in [6, 6.07) is 0. The SMILES string of the molecule is CC(=O)/C=C/N=CCl. The van der Waals surface area contributed by atoms with Gasteiger partial charge in [-0.05, 0) is 13.0 Å². The predicted molar refractivity (Wildman–Crippen MR) is 34.2 cm³/mol. The number of hydrogen-bond acceptors (Lipinski definition) is 2. The highest BCUT2D eigenvalue weighted by molar-refractivity contribution is 6.56. The van der Waals surface area contributed by atoms with Crippen molar-refractivity contribution in [2.75, 3.05) is 0 Å². The fraction of sp³-hybridized carbons (Fsp3) is 0.200. The fourth-order valence-electron chi connectivity index (χ4n) is 0.181. The highest BCUT2D eigenvalue weighted by Gasteiger charge is 1.75. The van der Waals surface area contributed by atoms with Crippen LogP contribution in [0.2, 0.25) is 0 Å². The van der Waals surface area contributed by atoms with Crippen molar-refractivity contribution in [3.8, 4) is 0 Å². The largest absolute Gasteiger partial charge is 0.295 e. The van der Waals surface area contributed by atoms with E-state index in [1.54, 1.807) is 0 Å². The summed E-state index contributed by atoms with van der Waals surface area (Å²) in [5.74, 6) is -0.0349. The summed E-state index contributed by atoms with van der Waals surface area (Å²) in [7, 11) is 0. The Kier molecular flexibility index (Phi) is 4.17. The van der Waals surface area contributed by atoms with E-state index in [1.165, 1.54) is 19.2 Å². The standard InChI is InChI=1S/C5H6ClNO/c1-5(8)2-3-7-4-6/h2-4H,1H3/b3-2+,7-4?. The number of ketones is 1. The van der Waals surface area contributed by atoms with Crippen molar-refractivity contribution in [1.29, 1.82) is 0 Å². The monoisotopic (exact) mass is 131 g/mol. The number of nitrogens with zero attached hydrogens (tertiary/aromatic N) is 1. The fourth-order valence-corrected chi connectivity index (χ4v) is 0.246. The normalized spacial score (nSPS) is 11.2. The molecule has 2 nitrogen and oxygen atoms in total. The molecule has 0 unspecified atom stereocenters. The van der Waals surface area contributed by atoms with E-state index in [9.17, 15) is 4.79 Å². The minimum Gasteiger partial charge on any atom is -0.295 e. The molecule has 0 rings (SSSR count). The molecule has 0 aliphatic rings. The first kappa shape index (κ1) is 7.37. The lowest BCUT2D eigenvalue weighted by molar-refractivity contribution is -0.112. The van der Waals surface area contributed by atoms with Gasteiger partial charge < -0.3 is 0 Å². The van der Waals surface area contributed by atoms with Crippen LogP contribution in [0.1, 0.15) is 6.92 Å². The average Bonchev–Trinajstić information content (AvgIpc) is 1.66. The van der Waals surface area contributed by atoms with Crippen LogP contribution in [0.5, 0.6) is 0 Å². The van der Waals surface area contributed by atoms with E-state index in [2.05, 4.69) is 4.99 Å². The van der Waals surface area contributed by atoms with Crippen LogP contribution < -0.4 is 0 Å². The molecule has 0 saturated heterocycles. The smallest absolute Gasteiger partial charge is 0.154 e. The quantitative estimate of drug-likeness (QED) is 0.411. The molecule has 3 heteroatoms. The Morgan fingerprint density at radius 2 is 2.38 bits per heavy atom. The lowest BCUT2D eigenvalue weighted by atomic mass is 10.4. The number of hydrogen-bond donors (Lipinski definition) is 0. The van der Waals surface area contributed by atoms with Crippen molar-refractivity contribution in [1.82, 2.24) is 0 Å². The molecule has 0 heterocycles. The van der Waals surface area contributed by atoms with Gasteiger partial charge in [-0.3, -0.25) is 9.79 Å². The molecule has 0 fully saturated rings. The van der Waals surface area contributed by atoms with Gasteiger partial charge in [0.2, 0.25) is 0 Å². The molecular weight excluding hydrogens is 126 g/mol. The summed E-state index contributed by atoms with van der Waals surface area (Å²) >= 11 is 5.03. The van der Waals surface area contributed by atoms with Gasteiger partial charge in [0.05, 0.1) is 5.67 Å². The Hall–Kier alpha value is -0.630. The van der Waals surface area contributed by atoms with Crippen LogP contribution >= 0.6 is 11.6 Å². The van der Waals surface area contributed by atoms with E-state index in [1.807, 2.05) is 0 Å². The molecule has 8 heavy (non-hydrogen) atoms. The zero-order chi connectivity index (χ0) is 6.41. The zero-order valence-electron chi connectivity index (χ0n) is 4.47. The van der Waals surface area contributed by atoms with Crippen molar-refractivity contribution in [2.45, 2.75) is 6.92 Å². The van der Waals surface area contributed by atoms with Crippen LogP contribution in [0.15, 0.2) is 17.3 Å². The zero-order valence-corrected chi connectivity index (χ0v) is 5.22. The van der Waals surface area contributed by atoms with Gasteiger partial charge >= 0.3 is 0 Å². The van der Waals surface area contributed by atoms with E-state index in [0.717, 1.165) is 5.67 Å². The van der Waals surface area contributed by atoms with Gasteiger partial charge in [-0.15, -0.1) is 0 Å². The second kappa shape index (κ2) is 4.53. The molecule has 0 aliphatic carbocycles. The molecular formula is C5H6ClNO. The molecule has 0 amide bonds. The topological polar surface area (TPSA) is 29.4 Å². The summed E-state index contributed by atoms with van der Waals surface area (Å²) in [6.07, 6.45) is 2.67. The molecule has 0 atom stereocenters. The maximum absolute atomic E-state index is 10.1. The van der Waals surface area contributed by atoms with Gasteiger partial charge in [0.25, 0.3) is 0 Å². The van der Waals surface area contributed by atoms with E-state index < -0.39 is 0 Å². The second-order valence-corrected chi connectivity index (χ2v) is 1.37. The Morgan fingerprint density at radius 1 is 1.75 bits per heavy atom. The molecule has 0 aliphatic heterocycles. The van der Waals surface area contributed by atoms with Crippen LogP contribution in [-0.2, 0) is 4.79 Å². The Labute approximate surface area is 52.9 Å². The Morgan fingerprint density at radius 3 is 2.75 bits per heavy atom.